The summed E-state index contributed by atoms with van der Waals surface area (Å²) in [4.78, 5) is 41.7. The number of hydrogen-bond donors (Lipinski definition) is 0. The topological polar surface area (TPSA) is 91.4 Å². The minimum absolute atomic E-state index is 0.183. The van der Waals surface area contributed by atoms with Gasteiger partial charge in [-0.25, -0.2) is 0 Å². The third-order valence-electron chi connectivity index (χ3n) is 6.80. The van der Waals surface area contributed by atoms with Crippen LogP contribution in [0, 0.1) is 0 Å². The van der Waals surface area contributed by atoms with Crippen molar-refractivity contribution in [3.05, 3.63) is 102 Å². The van der Waals surface area contributed by atoms with Gasteiger partial charge in [-0.1, -0.05) is 72.4 Å². The van der Waals surface area contributed by atoms with Gasteiger partial charge < -0.3 is 18.9 Å². The van der Waals surface area contributed by atoms with Gasteiger partial charge >= 0.3 is 5.97 Å². The van der Waals surface area contributed by atoms with Crippen LogP contribution < -0.4 is 0 Å². The summed E-state index contributed by atoms with van der Waals surface area (Å²) in [5, 5.41) is 0. The number of fused-ring (bicyclic) bond motifs is 2. The van der Waals surface area contributed by atoms with Gasteiger partial charge in [0, 0.05) is 17.4 Å². The number of esters is 1. The van der Waals surface area contributed by atoms with Crippen molar-refractivity contribution >= 4 is 29.5 Å². The van der Waals surface area contributed by atoms with E-state index in [0.717, 1.165) is 10.5 Å². The van der Waals surface area contributed by atoms with Gasteiger partial charge in [-0.15, -0.1) is 0 Å². The van der Waals surface area contributed by atoms with Gasteiger partial charge in [-0.3, -0.25) is 19.3 Å². The smallest absolute Gasteiger partial charge is 0.303 e. The SMILES string of the molecule is CC(=O)OC1C(N2C(=O)c3ccccc3C2=O)[C@H](Sc2ccccc2)OC2COC(c3ccccc3)O[C@H]21. The molecule has 3 aliphatic heterocycles. The number of rotatable bonds is 5. The zero-order chi connectivity index (χ0) is 26.2. The predicted octanol–water partition coefficient (Wildman–Crippen LogP) is 4.21. The summed E-state index contributed by atoms with van der Waals surface area (Å²) in [5.41, 5.74) is 0.663. The quantitative estimate of drug-likeness (QED) is 0.357. The van der Waals surface area contributed by atoms with Crippen molar-refractivity contribution in [2.24, 2.45) is 0 Å². The highest BCUT2D eigenvalue weighted by molar-refractivity contribution is 7.99. The van der Waals surface area contributed by atoms with Crippen molar-refractivity contribution in [1.82, 2.24) is 4.90 Å². The number of nitrogens with zero attached hydrogens (tertiary/aromatic N) is 1. The first-order valence-electron chi connectivity index (χ1n) is 12.3. The average molecular weight is 532 g/mol. The van der Waals surface area contributed by atoms with Crippen LogP contribution in [0.2, 0.25) is 0 Å². The van der Waals surface area contributed by atoms with Crippen LogP contribution in [0.5, 0.6) is 0 Å². The van der Waals surface area contributed by atoms with Crippen LogP contribution in [0.1, 0.15) is 39.5 Å². The number of ether oxygens (including phenoxy) is 4. The molecule has 0 spiro atoms. The molecule has 0 bridgehead atoms. The van der Waals surface area contributed by atoms with Gasteiger partial charge in [0.05, 0.1) is 17.7 Å². The molecule has 3 heterocycles. The van der Waals surface area contributed by atoms with Gasteiger partial charge in [0.1, 0.15) is 23.7 Å². The highest BCUT2D eigenvalue weighted by atomic mass is 32.2. The Labute approximate surface area is 223 Å². The van der Waals surface area contributed by atoms with E-state index in [0.29, 0.717) is 11.1 Å². The third kappa shape index (κ3) is 4.52. The first-order chi connectivity index (χ1) is 18.5. The molecule has 6 atom stereocenters. The van der Waals surface area contributed by atoms with Gasteiger partial charge in [-0.2, -0.15) is 0 Å². The number of carbonyl (C=O) groups excluding carboxylic acids is 3. The number of benzene rings is 3. The second kappa shape index (κ2) is 10.3. The Bertz CT molecular complexity index is 1320. The first-order valence-corrected chi connectivity index (χ1v) is 13.2. The van der Waals surface area contributed by atoms with Gasteiger partial charge in [-0.05, 0) is 24.3 Å². The molecule has 2 amide bonds. The lowest BCUT2D eigenvalue weighted by atomic mass is 9.95. The van der Waals surface area contributed by atoms with E-state index in [4.69, 9.17) is 18.9 Å². The summed E-state index contributed by atoms with van der Waals surface area (Å²) in [7, 11) is 0. The van der Waals surface area contributed by atoms with Crippen molar-refractivity contribution < 1.29 is 33.3 Å². The highest BCUT2D eigenvalue weighted by Crippen LogP contribution is 2.43. The highest BCUT2D eigenvalue weighted by Gasteiger charge is 2.57. The second-order valence-electron chi connectivity index (χ2n) is 9.24. The zero-order valence-electron chi connectivity index (χ0n) is 20.5. The number of hydrogen-bond acceptors (Lipinski definition) is 8. The molecule has 0 aromatic heterocycles. The largest absolute Gasteiger partial charge is 0.457 e. The third-order valence-corrected chi connectivity index (χ3v) is 7.97. The van der Waals surface area contributed by atoms with Crippen LogP contribution in [0.3, 0.4) is 0 Å². The molecule has 4 unspecified atom stereocenters. The molecule has 0 radical (unpaired) electrons. The average Bonchev–Trinajstić information content (AvgIpc) is 3.19. The van der Waals surface area contributed by atoms with Crippen LogP contribution in [-0.2, 0) is 23.7 Å². The molecule has 3 aromatic rings. The Balaban J connectivity index is 1.41. The Morgan fingerprint density at radius 3 is 2.11 bits per heavy atom. The van der Waals surface area contributed by atoms with E-state index in [-0.39, 0.29) is 6.61 Å². The molecule has 194 valence electrons. The number of amides is 2. The summed E-state index contributed by atoms with van der Waals surface area (Å²) in [6.07, 6.45) is -3.07. The lowest BCUT2D eigenvalue weighted by Gasteiger charge is -2.50. The Kier molecular flexibility index (Phi) is 6.75. The van der Waals surface area contributed by atoms with E-state index in [2.05, 4.69) is 0 Å². The molecule has 38 heavy (non-hydrogen) atoms. The van der Waals surface area contributed by atoms with Crippen molar-refractivity contribution in [1.29, 1.82) is 0 Å². The monoisotopic (exact) mass is 531 g/mol. The van der Waals surface area contributed by atoms with Crippen molar-refractivity contribution in [3.63, 3.8) is 0 Å². The van der Waals surface area contributed by atoms with E-state index in [1.165, 1.54) is 23.6 Å². The molecule has 8 nitrogen and oxygen atoms in total. The van der Waals surface area contributed by atoms with Crippen LogP contribution in [0.15, 0.2) is 89.8 Å². The lowest BCUT2D eigenvalue weighted by Crippen LogP contribution is -2.67. The molecule has 0 saturated carbocycles. The molecule has 9 heteroatoms. The van der Waals surface area contributed by atoms with Crippen LogP contribution in [0.4, 0.5) is 0 Å². The maximum Gasteiger partial charge on any atom is 0.303 e. The molecule has 6 rings (SSSR count). The molecule has 3 aromatic carbocycles. The van der Waals surface area contributed by atoms with Crippen LogP contribution in [0.25, 0.3) is 0 Å². The second-order valence-corrected chi connectivity index (χ2v) is 10.4. The van der Waals surface area contributed by atoms with E-state index >= 15 is 0 Å². The summed E-state index contributed by atoms with van der Waals surface area (Å²) >= 11 is 1.36. The van der Waals surface area contributed by atoms with E-state index in [9.17, 15) is 14.4 Å². The van der Waals surface area contributed by atoms with E-state index < -0.39 is 53.9 Å². The summed E-state index contributed by atoms with van der Waals surface area (Å²) in [6.45, 7) is 1.49. The molecule has 2 saturated heterocycles. The van der Waals surface area contributed by atoms with Gasteiger partial charge in [0.2, 0.25) is 0 Å². The van der Waals surface area contributed by atoms with Crippen molar-refractivity contribution in [3.8, 4) is 0 Å². The molecule has 2 fully saturated rings. The number of thioether (sulfide) groups is 1. The van der Waals surface area contributed by atoms with Gasteiger partial charge in [0.15, 0.2) is 12.4 Å². The fourth-order valence-electron chi connectivity index (χ4n) is 5.15. The van der Waals surface area contributed by atoms with Crippen molar-refractivity contribution in [2.45, 2.75) is 47.9 Å². The van der Waals surface area contributed by atoms with Gasteiger partial charge in [0.25, 0.3) is 11.8 Å². The fourth-order valence-corrected chi connectivity index (χ4v) is 6.34. The van der Waals surface area contributed by atoms with E-state index in [1.54, 1.807) is 24.3 Å². The first kappa shape index (κ1) is 24.8. The van der Waals surface area contributed by atoms with Crippen LogP contribution >= 0.6 is 11.8 Å². The Morgan fingerprint density at radius 2 is 1.47 bits per heavy atom. The van der Waals surface area contributed by atoms with Crippen molar-refractivity contribution in [2.75, 3.05) is 6.61 Å². The minimum atomic E-state index is -0.982. The summed E-state index contributed by atoms with van der Waals surface area (Å²) in [6, 6.07) is 24.7. The lowest BCUT2D eigenvalue weighted by molar-refractivity contribution is -0.311. The standard InChI is InChI=1S/C29H25NO7S/c1-17(31)35-25-23(30-26(32)20-14-8-9-15-21(20)27(30)33)29(38-19-12-6-3-7-13-19)36-22-16-34-28(37-24(22)25)18-10-4-2-5-11-18/h2-15,22-25,28-29H,16H2,1H3/t22?,23?,24-,25?,28?,29+/m1/s1. The van der Waals surface area contributed by atoms with E-state index in [1.807, 2.05) is 60.7 Å². The Morgan fingerprint density at radius 1 is 0.868 bits per heavy atom. The van der Waals surface area contributed by atoms with Crippen LogP contribution in [-0.4, -0.2) is 59.1 Å². The summed E-state index contributed by atoms with van der Waals surface area (Å²) < 4.78 is 24.7. The number of imide groups is 1. The Hall–Kier alpha value is -3.50. The molecule has 3 aliphatic rings. The molecule has 0 N–H and O–H groups in total. The predicted molar refractivity (Wildman–Crippen MR) is 137 cm³/mol. The summed E-state index contributed by atoms with van der Waals surface area (Å²) in [5.74, 6) is -1.47. The molecule has 0 aliphatic carbocycles. The normalized spacial score (nSPS) is 28.5. The zero-order valence-corrected chi connectivity index (χ0v) is 21.3. The maximum absolute atomic E-state index is 13.6. The maximum atomic E-state index is 13.6. The molecular formula is C29H25NO7S. The molecular weight excluding hydrogens is 506 g/mol. The fraction of sp³-hybridized carbons (Fsp3) is 0.276. The minimum Gasteiger partial charge on any atom is -0.457 e. The number of carbonyl (C=O) groups is 3.